The normalized spacial score (nSPS) is 15.6. The molecule has 0 saturated heterocycles. The van der Waals surface area contributed by atoms with Gasteiger partial charge < -0.3 is 5.32 Å². The van der Waals surface area contributed by atoms with Gasteiger partial charge in [-0.15, -0.1) is 0 Å². The van der Waals surface area contributed by atoms with Crippen molar-refractivity contribution in [1.29, 1.82) is 0 Å². The Morgan fingerprint density at radius 1 is 1.35 bits per heavy atom. The van der Waals surface area contributed by atoms with Gasteiger partial charge in [-0.2, -0.15) is 0 Å². The summed E-state index contributed by atoms with van der Waals surface area (Å²) in [5.41, 5.74) is 1.94. The van der Waals surface area contributed by atoms with Gasteiger partial charge in [0.15, 0.2) is 0 Å². The van der Waals surface area contributed by atoms with Crippen LogP contribution in [-0.2, 0) is 16.6 Å². The van der Waals surface area contributed by atoms with Crippen molar-refractivity contribution in [3.05, 3.63) is 27.7 Å². The molecule has 0 aliphatic heterocycles. The number of rotatable bonds is 7. The molecule has 0 radical (unpaired) electrons. The van der Waals surface area contributed by atoms with E-state index in [0.717, 1.165) is 36.9 Å². The zero-order valence-electron chi connectivity index (χ0n) is 11.9. The first kappa shape index (κ1) is 15.9. The molecule has 0 amide bonds. The third kappa shape index (κ3) is 4.04. The van der Waals surface area contributed by atoms with Gasteiger partial charge in [-0.1, -0.05) is 13.0 Å². The fourth-order valence-corrected chi connectivity index (χ4v) is 4.37. The lowest BCUT2D eigenvalue weighted by atomic mass is 10.1. The molecule has 0 bridgehead atoms. The van der Waals surface area contributed by atoms with Gasteiger partial charge in [0.2, 0.25) is 10.0 Å². The standard InChI is InChI=1S/C14H21BrN2O2S/c1-3-6-16-9-11-7-10(2)14(15)13(8-11)20(18,19)17-12-4-5-12/h7-8,12,16-17H,3-6,9H2,1-2H3. The number of aryl methyl sites for hydroxylation is 1. The second-order valence-electron chi connectivity index (χ2n) is 5.30. The average molecular weight is 361 g/mol. The van der Waals surface area contributed by atoms with E-state index in [1.165, 1.54) is 0 Å². The van der Waals surface area contributed by atoms with Crippen LogP contribution in [0.2, 0.25) is 0 Å². The minimum Gasteiger partial charge on any atom is -0.313 e. The predicted octanol–water partition coefficient (Wildman–Crippen LogP) is 2.70. The van der Waals surface area contributed by atoms with E-state index in [4.69, 9.17) is 0 Å². The van der Waals surface area contributed by atoms with E-state index in [0.29, 0.717) is 15.9 Å². The fourth-order valence-electron chi connectivity index (χ4n) is 2.00. The van der Waals surface area contributed by atoms with Crippen LogP contribution in [0.25, 0.3) is 0 Å². The summed E-state index contributed by atoms with van der Waals surface area (Å²) in [4.78, 5) is 0.345. The Labute approximate surface area is 129 Å². The third-order valence-electron chi connectivity index (χ3n) is 3.23. The molecule has 6 heteroatoms. The molecule has 0 spiro atoms. The molecule has 1 aromatic carbocycles. The van der Waals surface area contributed by atoms with Crippen LogP contribution < -0.4 is 10.0 Å². The Bertz CT molecular complexity index is 583. The van der Waals surface area contributed by atoms with E-state index in [1.54, 1.807) is 6.07 Å². The van der Waals surface area contributed by atoms with Crippen LogP contribution in [0.15, 0.2) is 21.5 Å². The fraction of sp³-hybridized carbons (Fsp3) is 0.571. The topological polar surface area (TPSA) is 58.2 Å². The highest BCUT2D eigenvalue weighted by atomic mass is 79.9. The van der Waals surface area contributed by atoms with Gasteiger partial charge in [0, 0.05) is 17.1 Å². The molecule has 1 saturated carbocycles. The molecular formula is C14H21BrN2O2S. The second-order valence-corrected chi connectivity index (χ2v) is 7.77. The predicted molar refractivity (Wildman–Crippen MR) is 84.2 cm³/mol. The smallest absolute Gasteiger partial charge is 0.241 e. The maximum atomic E-state index is 12.4. The van der Waals surface area contributed by atoms with E-state index in [-0.39, 0.29) is 6.04 Å². The van der Waals surface area contributed by atoms with Crippen molar-refractivity contribution in [2.24, 2.45) is 0 Å². The van der Waals surface area contributed by atoms with E-state index in [9.17, 15) is 8.42 Å². The van der Waals surface area contributed by atoms with Crippen molar-refractivity contribution in [2.75, 3.05) is 6.54 Å². The highest BCUT2D eigenvalue weighted by Crippen LogP contribution is 2.29. The van der Waals surface area contributed by atoms with Gasteiger partial charge in [0.1, 0.15) is 0 Å². The molecule has 4 nitrogen and oxygen atoms in total. The first-order chi connectivity index (χ1) is 9.44. The van der Waals surface area contributed by atoms with E-state index >= 15 is 0 Å². The lowest BCUT2D eigenvalue weighted by molar-refractivity contribution is 0.580. The summed E-state index contributed by atoms with van der Waals surface area (Å²) in [5, 5.41) is 3.30. The monoisotopic (exact) mass is 360 g/mol. The summed E-state index contributed by atoms with van der Waals surface area (Å²) >= 11 is 3.40. The Morgan fingerprint density at radius 3 is 2.65 bits per heavy atom. The maximum Gasteiger partial charge on any atom is 0.241 e. The first-order valence-corrected chi connectivity index (χ1v) is 9.23. The molecule has 20 heavy (non-hydrogen) atoms. The number of hydrogen-bond acceptors (Lipinski definition) is 3. The van der Waals surface area contributed by atoms with Crippen molar-refractivity contribution in [2.45, 2.75) is 50.6 Å². The molecular weight excluding hydrogens is 340 g/mol. The summed E-state index contributed by atoms with van der Waals surface area (Å²) in [6.07, 6.45) is 2.94. The first-order valence-electron chi connectivity index (χ1n) is 6.96. The minimum absolute atomic E-state index is 0.120. The Kier molecular flexibility index (Phi) is 5.23. The average Bonchev–Trinajstić information content (AvgIpc) is 3.16. The zero-order chi connectivity index (χ0) is 14.8. The van der Waals surface area contributed by atoms with Crippen LogP contribution in [0.4, 0.5) is 0 Å². The third-order valence-corrected chi connectivity index (χ3v) is 6.09. The Morgan fingerprint density at radius 2 is 2.05 bits per heavy atom. The van der Waals surface area contributed by atoms with Crippen LogP contribution in [0, 0.1) is 6.92 Å². The molecule has 112 valence electrons. The zero-order valence-corrected chi connectivity index (χ0v) is 14.3. The van der Waals surface area contributed by atoms with Crippen molar-refractivity contribution < 1.29 is 8.42 Å². The molecule has 2 rings (SSSR count). The van der Waals surface area contributed by atoms with Gasteiger partial charge in [-0.25, -0.2) is 13.1 Å². The summed E-state index contributed by atoms with van der Waals surface area (Å²) in [5.74, 6) is 0. The summed E-state index contributed by atoms with van der Waals surface area (Å²) in [7, 11) is -3.43. The van der Waals surface area contributed by atoms with E-state index in [2.05, 4.69) is 32.9 Å². The maximum absolute atomic E-state index is 12.4. The van der Waals surface area contributed by atoms with E-state index in [1.807, 2.05) is 13.0 Å². The van der Waals surface area contributed by atoms with Crippen molar-refractivity contribution in [3.8, 4) is 0 Å². The Balaban J connectivity index is 2.26. The van der Waals surface area contributed by atoms with Crippen LogP contribution in [0.3, 0.4) is 0 Å². The lowest BCUT2D eigenvalue weighted by Gasteiger charge is -2.13. The number of benzene rings is 1. The summed E-state index contributed by atoms with van der Waals surface area (Å²) in [6, 6.07) is 3.89. The quantitative estimate of drug-likeness (QED) is 0.735. The van der Waals surface area contributed by atoms with Gasteiger partial charge >= 0.3 is 0 Å². The summed E-state index contributed by atoms with van der Waals surface area (Å²) in [6.45, 7) is 5.64. The SMILES string of the molecule is CCCNCc1cc(C)c(Br)c(S(=O)(=O)NC2CC2)c1. The molecule has 0 atom stereocenters. The molecule has 1 fully saturated rings. The van der Waals surface area contributed by atoms with Gasteiger partial charge in [0.05, 0.1) is 4.90 Å². The van der Waals surface area contributed by atoms with Gasteiger partial charge in [-0.05, 0) is 65.9 Å². The number of hydrogen-bond donors (Lipinski definition) is 2. The van der Waals surface area contributed by atoms with E-state index < -0.39 is 10.0 Å². The Hall–Kier alpha value is -0.430. The number of sulfonamides is 1. The van der Waals surface area contributed by atoms with Crippen LogP contribution in [-0.4, -0.2) is 21.0 Å². The number of halogens is 1. The lowest BCUT2D eigenvalue weighted by Crippen LogP contribution is -2.26. The largest absolute Gasteiger partial charge is 0.313 e. The van der Waals surface area contributed by atoms with Crippen molar-refractivity contribution >= 4 is 26.0 Å². The van der Waals surface area contributed by atoms with Crippen molar-refractivity contribution in [3.63, 3.8) is 0 Å². The minimum atomic E-state index is -3.43. The molecule has 1 aliphatic carbocycles. The highest BCUT2D eigenvalue weighted by Gasteiger charge is 2.29. The molecule has 0 unspecified atom stereocenters. The number of nitrogens with one attached hydrogen (secondary N) is 2. The molecule has 1 aliphatic rings. The van der Waals surface area contributed by atoms with Crippen molar-refractivity contribution in [1.82, 2.24) is 10.0 Å². The molecule has 1 aromatic rings. The molecule has 0 heterocycles. The van der Waals surface area contributed by atoms with Gasteiger partial charge in [0.25, 0.3) is 0 Å². The molecule has 0 aromatic heterocycles. The van der Waals surface area contributed by atoms with Crippen LogP contribution in [0.1, 0.15) is 37.3 Å². The van der Waals surface area contributed by atoms with Gasteiger partial charge in [-0.3, -0.25) is 0 Å². The summed E-state index contributed by atoms with van der Waals surface area (Å²) < 4.78 is 28.1. The highest BCUT2D eigenvalue weighted by molar-refractivity contribution is 9.10. The van der Waals surface area contributed by atoms with Crippen LogP contribution in [0.5, 0.6) is 0 Å². The van der Waals surface area contributed by atoms with Crippen LogP contribution >= 0.6 is 15.9 Å². The molecule has 2 N–H and O–H groups in total. The second kappa shape index (κ2) is 6.56.